The number of oxazole rings is 1. The fourth-order valence-electron chi connectivity index (χ4n) is 2.08. The van der Waals surface area contributed by atoms with E-state index < -0.39 is 0 Å². The van der Waals surface area contributed by atoms with Gasteiger partial charge in [-0.1, -0.05) is 0 Å². The van der Waals surface area contributed by atoms with Gasteiger partial charge in [0, 0.05) is 11.6 Å². The van der Waals surface area contributed by atoms with E-state index in [-0.39, 0.29) is 11.9 Å². The first-order chi connectivity index (χ1) is 10.0. The van der Waals surface area contributed by atoms with Gasteiger partial charge in [-0.05, 0) is 44.2 Å². The lowest BCUT2D eigenvalue weighted by atomic mass is 10.2. The number of anilines is 1. The summed E-state index contributed by atoms with van der Waals surface area (Å²) >= 11 is 0. The van der Waals surface area contributed by atoms with Gasteiger partial charge < -0.3 is 20.0 Å². The van der Waals surface area contributed by atoms with Crippen molar-refractivity contribution >= 4 is 16.8 Å². The smallest absolute Gasteiger partial charge is 0.227 e. The Morgan fingerprint density at radius 2 is 2.00 bits per heavy atom. The Morgan fingerprint density at radius 3 is 2.71 bits per heavy atom. The third kappa shape index (κ3) is 2.63. The van der Waals surface area contributed by atoms with Gasteiger partial charge in [-0.2, -0.15) is 0 Å². The van der Waals surface area contributed by atoms with E-state index in [9.17, 15) is 5.11 Å². The zero-order valence-electron chi connectivity index (χ0n) is 11.8. The second-order valence-electron chi connectivity index (χ2n) is 5.09. The Labute approximate surface area is 122 Å². The number of nitrogens with two attached hydrogens (primary N) is 1. The summed E-state index contributed by atoms with van der Waals surface area (Å²) in [4.78, 5) is 4.35. The molecule has 1 heterocycles. The number of fused-ring (bicyclic) bond motifs is 1. The van der Waals surface area contributed by atoms with Crippen molar-refractivity contribution in [3.63, 3.8) is 0 Å². The first-order valence-corrected chi connectivity index (χ1v) is 6.69. The van der Waals surface area contributed by atoms with E-state index in [0.29, 0.717) is 28.4 Å². The number of aromatic hydroxyl groups is 1. The minimum atomic E-state index is 0.0606. The Morgan fingerprint density at radius 1 is 1.19 bits per heavy atom. The number of ether oxygens (including phenoxy) is 1. The van der Waals surface area contributed by atoms with E-state index in [0.717, 1.165) is 5.56 Å². The van der Waals surface area contributed by atoms with E-state index in [1.165, 1.54) is 0 Å². The molecule has 5 heteroatoms. The number of nitrogens with zero attached hydrogens (tertiary/aromatic N) is 1. The third-order valence-corrected chi connectivity index (χ3v) is 2.99. The minimum Gasteiger partial charge on any atom is -0.508 e. The Balaban J connectivity index is 2.00. The summed E-state index contributed by atoms with van der Waals surface area (Å²) in [5, 5.41) is 9.46. The van der Waals surface area contributed by atoms with Crippen LogP contribution in [0.3, 0.4) is 0 Å². The zero-order chi connectivity index (χ0) is 15.0. The maximum absolute atomic E-state index is 9.46. The number of phenols is 1. The molecule has 0 aliphatic carbocycles. The summed E-state index contributed by atoms with van der Waals surface area (Å²) in [5.74, 6) is 1.25. The molecule has 0 fully saturated rings. The zero-order valence-corrected chi connectivity index (χ0v) is 11.8. The highest BCUT2D eigenvalue weighted by molar-refractivity contribution is 5.78. The van der Waals surface area contributed by atoms with Crippen LogP contribution < -0.4 is 10.5 Å². The lowest BCUT2D eigenvalue weighted by Gasteiger charge is -2.12. The summed E-state index contributed by atoms with van der Waals surface area (Å²) in [7, 11) is 0. The van der Waals surface area contributed by atoms with E-state index in [1.54, 1.807) is 30.3 Å². The van der Waals surface area contributed by atoms with Crippen molar-refractivity contribution in [3.8, 4) is 23.0 Å². The average molecular weight is 284 g/mol. The SMILES string of the molecule is CC(C)Oc1ccc(-c2nc3cc(O)ccc3o2)cc1N. The number of aromatic nitrogens is 1. The molecule has 0 aliphatic rings. The lowest BCUT2D eigenvalue weighted by Crippen LogP contribution is -2.07. The van der Waals surface area contributed by atoms with Crippen LogP contribution in [0.4, 0.5) is 5.69 Å². The normalized spacial score (nSPS) is 11.2. The van der Waals surface area contributed by atoms with E-state index in [2.05, 4.69) is 4.98 Å². The van der Waals surface area contributed by atoms with Gasteiger partial charge in [0.2, 0.25) is 5.89 Å². The first kappa shape index (κ1) is 13.3. The van der Waals surface area contributed by atoms with Gasteiger partial charge >= 0.3 is 0 Å². The highest BCUT2D eigenvalue weighted by Crippen LogP contribution is 2.31. The third-order valence-electron chi connectivity index (χ3n) is 2.99. The number of hydrogen-bond acceptors (Lipinski definition) is 5. The van der Waals surface area contributed by atoms with Crippen LogP contribution in [-0.4, -0.2) is 16.2 Å². The first-order valence-electron chi connectivity index (χ1n) is 6.69. The van der Waals surface area contributed by atoms with Crippen LogP contribution in [0.15, 0.2) is 40.8 Å². The molecule has 0 saturated carbocycles. The maximum atomic E-state index is 9.46. The quantitative estimate of drug-likeness (QED) is 0.718. The molecule has 21 heavy (non-hydrogen) atoms. The van der Waals surface area contributed by atoms with Crippen molar-refractivity contribution in [1.82, 2.24) is 4.98 Å². The molecular weight excluding hydrogens is 268 g/mol. The number of nitrogen functional groups attached to an aromatic ring is 1. The molecule has 0 atom stereocenters. The molecule has 0 radical (unpaired) electrons. The highest BCUT2D eigenvalue weighted by atomic mass is 16.5. The monoisotopic (exact) mass is 284 g/mol. The Kier molecular flexibility index (Phi) is 3.17. The predicted octanol–water partition coefficient (Wildman–Crippen LogP) is 3.57. The van der Waals surface area contributed by atoms with Gasteiger partial charge in [-0.25, -0.2) is 4.98 Å². The molecule has 3 aromatic rings. The van der Waals surface area contributed by atoms with E-state index in [1.807, 2.05) is 19.9 Å². The van der Waals surface area contributed by atoms with Gasteiger partial charge in [0.1, 0.15) is 17.0 Å². The van der Waals surface area contributed by atoms with Crippen LogP contribution in [0.2, 0.25) is 0 Å². The fraction of sp³-hybridized carbons (Fsp3) is 0.188. The molecule has 0 amide bonds. The van der Waals surface area contributed by atoms with E-state index in [4.69, 9.17) is 14.9 Å². The van der Waals surface area contributed by atoms with Crippen LogP contribution >= 0.6 is 0 Å². The van der Waals surface area contributed by atoms with Gasteiger partial charge in [0.05, 0.1) is 11.8 Å². The maximum Gasteiger partial charge on any atom is 0.227 e. The highest BCUT2D eigenvalue weighted by Gasteiger charge is 2.11. The molecule has 1 aromatic heterocycles. The number of hydrogen-bond donors (Lipinski definition) is 2. The Hall–Kier alpha value is -2.69. The van der Waals surface area contributed by atoms with Gasteiger partial charge in [-0.3, -0.25) is 0 Å². The van der Waals surface area contributed by atoms with Crippen molar-refractivity contribution in [2.24, 2.45) is 0 Å². The Bertz CT molecular complexity index is 793. The topological polar surface area (TPSA) is 81.5 Å². The van der Waals surface area contributed by atoms with Crippen LogP contribution in [-0.2, 0) is 0 Å². The molecule has 0 spiro atoms. The molecule has 0 unspecified atom stereocenters. The number of rotatable bonds is 3. The molecule has 3 rings (SSSR count). The van der Waals surface area contributed by atoms with Crippen LogP contribution in [0, 0.1) is 0 Å². The summed E-state index contributed by atoms with van der Waals surface area (Å²) in [6.45, 7) is 3.89. The standard InChI is InChI=1S/C16H16N2O3/c1-9(2)20-14-5-3-10(7-12(14)17)16-18-13-8-11(19)4-6-15(13)21-16/h3-9,19H,17H2,1-2H3. The number of phenolic OH excluding ortho intramolecular Hbond substituents is 1. The molecule has 0 aliphatic heterocycles. The van der Waals surface area contributed by atoms with E-state index >= 15 is 0 Å². The van der Waals surface area contributed by atoms with Crippen LogP contribution in [0.25, 0.3) is 22.6 Å². The summed E-state index contributed by atoms with van der Waals surface area (Å²) in [6, 6.07) is 10.2. The second-order valence-corrected chi connectivity index (χ2v) is 5.09. The average Bonchev–Trinajstić information content (AvgIpc) is 2.83. The van der Waals surface area contributed by atoms with Crippen molar-refractivity contribution in [3.05, 3.63) is 36.4 Å². The molecule has 5 nitrogen and oxygen atoms in total. The molecule has 0 bridgehead atoms. The van der Waals surface area contributed by atoms with Crippen LogP contribution in [0.5, 0.6) is 11.5 Å². The molecule has 108 valence electrons. The van der Waals surface area contributed by atoms with Gasteiger partial charge in [-0.15, -0.1) is 0 Å². The molecular formula is C16H16N2O3. The fourth-order valence-corrected chi connectivity index (χ4v) is 2.08. The largest absolute Gasteiger partial charge is 0.508 e. The lowest BCUT2D eigenvalue weighted by molar-refractivity contribution is 0.244. The number of benzene rings is 2. The predicted molar refractivity (Wildman–Crippen MR) is 81.3 cm³/mol. The van der Waals surface area contributed by atoms with Crippen molar-refractivity contribution in [2.45, 2.75) is 20.0 Å². The van der Waals surface area contributed by atoms with Gasteiger partial charge in [0.25, 0.3) is 0 Å². The molecule has 2 aromatic carbocycles. The summed E-state index contributed by atoms with van der Waals surface area (Å²) in [6.07, 6.45) is 0.0606. The molecule has 0 saturated heterocycles. The molecule has 3 N–H and O–H groups in total. The van der Waals surface area contributed by atoms with Crippen LogP contribution in [0.1, 0.15) is 13.8 Å². The van der Waals surface area contributed by atoms with Crippen molar-refractivity contribution in [1.29, 1.82) is 0 Å². The summed E-state index contributed by atoms with van der Waals surface area (Å²) in [5.41, 5.74) is 8.51. The second kappa shape index (κ2) is 5.01. The van der Waals surface area contributed by atoms with Gasteiger partial charge in [0.15, 0.2) is 5.58 Å². The summed E-state index contributed by atoms with van der Waals surface area (Å²) < 4.78 is 11.3. The minimum absolute atomic E-state index is 0.0606. The van der Waals surface area contributed by atoms with Crippen molar-refractivity contribution in [2.75, 3.05) is 5.73 Å². The van der Waals surface area contributed by atoms with Crippen molar-refractivity contribution < 1.29 is 14.3 Å².